The molecule has 21 heavy (non-hydrogen) atoms. The second-order valence-electron chi connectivity index (χ2n) is 5.70. The highest BCUT2D eigenvalue weighted by atomic mass is 16.5. The summed E-state index contributed by atoms with van der Waals surface area (Å²) < 4.78 is 4.99. The third kappa shape index (κ3) is 1.83. The maximum Gasteiger partial charge on any atom is 0.334 e. The number of hydrogen-bond acceptors (Lipinski definition) is 2. The van der Waals surface area contributed by atoms with Crippen molar-refractivity contribution in [3.8, 4) is 0 Å². The van der Waals surface area contributed by atoms with Gasteiger partial charge in [-0.2, -0.15) is 0 Å². The van der Waals surface area contributed by atoms with Crippen LogP contribution >= 0.6 is 0 Å². The van der Waals surface area contributed by atoms with E-state index in [9.17, 15) is 4.79 Å². The van der Waals surface area contributed by atoms with Gasteiger partial charge in [0.15, 0.2) is 0 Å². The van der Waals surface area contributed by atoms with Crippen LogP contribution < -0.4 is 0 Å². The molecule has 2 aliphatic carbocycles. The van der Waals surface area contributed by atoms with E-state index in [1.54, 1.807) is 0 Å². The molecule has 2 aliphatic rings. The highest BCUT2D eigenvalue weighted by Crippen LogP contribution is 2.41. The maximum absolute atomic E-state index is 12.1. The van der Waals surface area contributed by atoms with Crippen molar-refractivity contribution in [1.29, 1.82) is 0 Å². The smallest absolute Gasteiger partial charge is 0.334 e. The number of esters is 1. The number of rotatable bonds is 1. The molecule has 0 bridgehead atoms. The van der Waals surface area contributed by atoms with Crippen molar-refractivity contribution in [2.45, 2.75) is 19.3 Å². The molecule has 0 heterocycles. The van der Waals surface area contributed by atoms with E-state index in [-0.39, 0.29) is 5.97 Å². The van der Waals surface area contributed by atoms with Gasteiger partial charge in [0.1, 0.15) is 0 Å². The Bertz CT molecular complexity index is 784. The topological polar surface area (TPSA) is 26.3 Å². The zero-order valence-corrected chi connectivity index (χ0v) is 12.0. The highest BCUT2D eigenvalue weighted by Gasteiger charge is 2.30. The number of ether oxygens (including phenoxy) is 1. The van der Waals surface area contributed by atoms with Gasteiger partial charge < -0.3 is 4.74 Å². The molecule has 2 aromatic carbocycles. The molecule has 0 saturated carbocycles. The SMILES string of the molecule is COC(=O)C1=C2Cc3ccccc3Cc3cccc(c32)C1. The van der Waals surface area contributed by atoms with E-state index in [0.717, 1.165) is 24.0 Å². The summed E-state index contributed by atoms with van der Waals surface area (Å²) in [6.07, 6.45) is 2.47. The summed E-state index contributed by atoms with van der Waals surface area (Å²) in [6, 6.07) is 14.9. The van der Waals surface area contributed by atoms with Gasteiger partial charge in [-0.05, 0) is 46.2 Å². The first-order valence-corrected chi connectivity index (χ1v) is 7.26. The van der Waals surface area contributed by atoms with E-state index in [0.29, 0.717) is 6.42 Å². The molecule has 0 amide bonds. The Kier molecular flexibility index (Phi) is 2.71. The standard InChI is InChI=1S/C19H16O2/c1-21-19(20)17-11-15-8-4-7-14-9-12-5-2-3-6-13(12)10-16(17)18(14)15/h2-8H,9-11H2,1H3. The number of allylic oxidation sites excluding steroid dienone is 1. The number of carbonyl (C=O) groups is 1. The molecule has 0 unspecified atom stereocenters. The van der Waals surface area contributed by atoms with Gasteiger partial charge in [-0.1, -0.05) is 42.5 Å². The van der Waals surface area contributed by atoms with Gasteiger partial charge in [-0.3, -0.25) is 0 Å². The molecule has 0 aromatic heterocycles. The van der Waals surface area contributed by atoms with Crippen LogP contribution in [0.4, 0.5) is 0 Å². The fraction of sp³-hybridized carbons (Fsp3) is 0.211. The lowest BCUT2D eigenvalue weighted by Gasteiger charge is -2.07. The average Bonchev–Trinajstić information content (AvgIpc) is 2.78. The first kappa shape index (κ1) is 12.4. The Balaban J connectivity index is 1.97. The van der Waals surface area contributed by atoms with Crippen molar-refractivity contribution in [3.05, 3.63) is 75.9 Å². The van der Waals surface area contributed by atoms with Gasteiger partial charge in [0.05, 0.1) is 7.11 Å². The normalized spacial score (nSPS) is 15.3. The molecule has 2 nitrogen and oxygen atoms in total. The molecule has 2 heteroatoms. The molecule has 0 aliphatic heterocycles. The largest absolute Gasteiger partial charge is 0.466 e. The number of benzene rings is 2. The monoisotopic (exact) mass is 276 g/mol. The molecule has 0 atom stereocenters. The van der Waals surface area contributed by atoms with Crippen LogP contribution in [0.25, 0.3) is 5.57 Å². The van der Waals surface area contributed by atoms with Crippen molar-refractivity contribution in [2.24, 2.45) is 0 Å². The summed E-state index contributed by atoms with van der Waals surface area (Å²) >= 11 is 0. The van der Waals surface area contributed by atoms with Gasteiger partial charge in [-0.15, -0.1) is 0 Å². The average molecular weight is 276 g/mol. The summed E-state index contributed by atoms with van der Waals surface area (Å²) in [6.45, 7) is 0. The maximum atomic E-state index is 12.1. The number of carbonyl (C=O) groups excluding carboxylic acids is 1. The molecular formula is C19H16O2. The third-order valence-corrected chi connectivity index (χ3v) is 4.57. The first-order chi connectivity index (χ1) is 10.3. The van der Waals surface area contributed by atoms with Gasteiger partial charge in [-0.25, -0.2) is 4.79 Å². The van der Waals surface area contributed by atoms with Crippen LogP contribution in [0, 0.1) is 0 Å². The van der Waals surface area contributed by atoms with E-state index in [1.165, 1.54) is 34.9 Å². The van der Waals surface area contributed by atoms with Crippen molar-refractivity contribution in [1.82, 2.24) is 0 Å². The predicted octanol–water partition coefficient (Wildman–Crippen LogP) is 3.32. The molecule has 0 N–H and O–H groups in total. The minimum atomic E-state index is -0.188. The zero-order valence-electron chi connectivity index (χ0n) is 12.0. The first-order valence-electron chi connectivity index (χ1n) is 7.26. The Morgan fingerprint density at radius 2 is 1.48 bits per heavy atom. The minimum absolute atomic E-state index is 0.188. The quantitative estimate of drug-likeness (QED) is 0.747. The van der Waals surface area contributed by atoms with E-state index in [4.69, 9.17) is 4.74 Å². The number of methoxy groups -OCH3 is 1. The number of fused-ring (bicyclic) bond motifs is 1. The molecular weight excluding hydrogens is 260 g/mol. The number of hydrogen-bond donors (Lipinski definition) is 0. The van der Waals surface area contributed by atoms with E-state index < -0.39 is 0 Å². The fourth-order valence-electron chi connectivity index (χ4n) is 3.60. The molecule has 0 fully saturated rings. The minimum Gasteiger partial charge on any atom is -0.466 e. The van der Waals surface area contributed by atoms with Gasteiger partial charge in [0.25, 0.3) is 0 Å². The van der Waals surface area contributed by atoms with Crippen molar-refractivity contribution in [3.63, 3.8) is 0 Å². The molecule has 0 radical (unpaired) electrons. The van der Waals surface area contributed by atoms with Crippen molar-refractivity contribution in [2.75, 3.05) is 7.11 Å². The summed E-state index contributed by atoms with van der Waals surface area (Å²) in [5.41, 5.74) is 8.54. The van der Waals surface area contributed by atoms with E-state index in [1.807, 2.05) is 0 Å². The summed E-state index contributed by atoms with van der Waals surface area (Å²) in [4.78, 5) is 12.1. The second kappa shape index (κ2) is 4.59. The van der Waals surface area contributed by atoms with Crippen molar-refractivity contribution < 1.29 is 9.53 Å². The van der Waals surface area contributed by atoms with E-state index >= 15 is 0 Å². The van der Waals surface area contributed by atoms with Crippen LogP contribution in [0.3, 0.4) is 0 Å². The summed E-state index contributed by atoms with van der Waals surface area (Å²) in [5, 5.41) is 0. The van der Waals surface area contributed by atoms with E-state index in [2.05, 4.69) is 42.5 Å². The molecule has 0 saturated heterocycles. The van der Waals surface area contributed by atoms with Crippen LogP contribution in [-0.2, 0) is 28.8 Å². The zero-order chi connectivity index (χ0) is 14.4. The lowest BCUT2D eigenvalue weighted by Crippen LogP contribution is -2.06. The second-order valence-corrected chi connectivity index (χ2v) is 5.70. The van der Waals surface area contributed by atoms with Crippen molar-refractivity contribution >= 4 is 11.5 Å². The summed E-state index contributed by atoms with van der Waals surface area (Å²) in [5.74, 6) is -0.188. The Labute approximate surface area is 124 Å². The fourth-order valence-corrected chi connectivity index (χ4v) is 3.60. The van der Waals surface area contributed by atoms with Gasteiger partial charge in [0, 0.05) is 12.0 Å². The molecule has 104 valence electrons. The van der Waals surface area contributed by atoms with Crippen LogP contribution in [-0.4, -0.2) is 13.1 Å². The van der Waals surface area contributed by atoms with Crippen LogP contribution in [0.1, 0.15) is 27.8 Å². The lowest BCUT2D eigenvalue weighted by molar-refractivity contribution is -0.136. The van der Waals surface area contributed by atoms with Crippen LogP contribution in [0.5, 0.6) is 0 Å². The highest BCUT2D eigenvalue weighted by molar-refractivity contribution is 6.02. The van der Waals surface area contributed by atoms with Crippen LogP contribution in [0.2, 0.25) is 0 Å². The molecule has 4 rings (SSSR count). The third-order valence-electron chi connectivity index (χ3n) is 4.57. The van der Waals surface area contributed by atoms with Gasteiger partial charge >= 0.3 is 5.97 Å². The Morgan fingerprint density at radius 3 is 2.19 bits per heavy atom. The Morgan fingerprint density at radius 1 is 0.857 bits per heavy atom. The Hall–Kier alpha value is -2.35. The summed E-state index contributed by atoms with van der Waals surface area (Å²) in [7, 11) is 1.46. The lowest BCUT2D eigenvalue weighted by atomic mass is 9.97. The molecule has 0 spiro atoms. The van der Waals surface area contributed by atoms with Crippen LogP contribution in [0.15, 0.2) is 48.0 Å². The predicted molar refractivity (Wildman–Crippen MR) is 82.0 cm³/mol. The molecule has 2 aromatic rings. The van der Waals surface area contributed by atoms with Gasteiger partial charge in [0.2, 0.25) is 0 Å².